The minimum atomic E-state index is -0.554. The number of benzene rings is 2. The lowest BCUT2D eigenvalue weighted by molar-refractivity contribution is -0.123. The van der Waals surface area contributed by atoms with E-state index >= 15 is 0 Å². The Morgan fingerprint density at radius 2 is 1.76 bits per heavy atom. The molecule has 0 aliphatic carbocycles. The summed E-state index contributed by atoms with van der Waals surface area (Å²) in [5.74, 6) is 0.108. The molecule has 25 heavy (non-hydrogen) atoms. The van der Waals surface area contributed by atoms with Crippen LogP contribution in [0.15, 0.2) is 42.5 Å². The molecule has 0 aliphatic rings. The van der Waals surface area contributed by atoms with Crippen LogP contribution in [0.2, 0.25) is 5.02 Å². The van der Waals surface area contributed by atoms with Crippen molar-refractivity contribution in [3.05, 3.63) is 53.1 Å². The Hall–Kier alpha value is -2.93. The molecule has 132 valence electrons. The Bertz CT molecular complexity index is 766. The van der Waals surface area contributed by atoms with Crippen molar-refractivity contribution in [2.75, 3.05) is 20.8 Å². The average Bonchev–Trinajstić information content (AvgIpc) is 2.64. The van der Waals surface area contributed by atoms with Gasteiger partial charge >= 0.3 is 0 Å². The molecule has 0 fully saturated rings. The second kappa shape index (κ2) is 8.79. The lowest BCUT2D eigenvalue weighted by atomic mass is 10.2. The van der Waals surface area contributed by atoms with Gasteiger partial charge in [0.15, 0.2) is 6.61 Å². The van der Waals surface area contributed by atoms with Crippen LogP contribution in [0, 0.1) is 0 Å². The maximum Gasteiger partial charge on any atom is 0.276 e. The van der Waals surface area contributed by atoms with Crippen LogP contribution in [-0.2, 0) is 4.79 Å². The molecule has 2 rings (SSSR count). The first-order valence-corrected chi connectivity index (χ1v) is 7.61. The Morgan fingerprint density at radius 3 is 2.44 bits per heavy atom. The van der Waals surface area contributed by atoms with E-state index < -0.39 is 11.8 Å². The van der Waals surface area contributed by atoms with Crippen LogP contribution < -0.4 is 25.1 Å². The molecule has 2 aromatic rings. The fourth-order valence-corrected chi connectivity index (χ4v) is 2.12. The summed E-state index contributed by atoms with van der Waals surface area (Å²) in [5.41, 5.74) is 4.76. The van der Waals surface area contributed by atoms with Crippen LogP contribution in [0.4, 0.5) is 0 Å². The van der Waals surface area contributed by atoms with E-state index in [-0.39, 0.29) is 12.2 Å². The van der Waals surface area contributed by atoms with Gasteiger partial charge in [0.05, 0.1) is 24.8 Å². The Labute approximate surface area is 149 Å². The fraction of sp³-hybridized carbons (Fsp3) is 0.176. The Kier molecular flexibility index (Phi) is 6.47. The predicted molar refractivity (Wildman–Crippen MR) is 92.1 cm³/mol. The molecule has 0 unspecified atom stereocenters. The molecule has 0 bridgehead atoms. The van der Waals surface area contributed by atoms with Gasteiger partial charge in [0.25, 0.3) is 11.8 Å². The second-order valence-corrected chi connectivity index (χ2v) is 5.19. The third-order valence-corrected chi connectivity index (χ3v) is 3.47. The summed E-state index contributed by atoms with van der Waals surface area (Å²) >= 11 is 5.92. The molecule has 0 aromatic heterocycles. The van der Waals surface area contributed by atoms with E-state index in [0.29, 0.717) is 22.3 Å². The number of amides is 2. The molecular weight excluding hydrogens is 348 g/mol. The number of halogens is 1. The second-order valence-electron chi connectivity index (χ2n) is 4.79. The highest BCUT2D eigenvalue weighted by Crippen LogP contribution is 2.24. The number of rotatable bonds is 6. The molecule has 0 radical (unpaired) electrons. The van der Waals surface area contributed by atoms with Crippen LogP contribution in [-0.4, -0.2) is 32.6 Å². The summed E-state index contributed by atoms with van der Waals surface area (Å²) in [6, 6.07) is 11.5. The van der Waals surface area contributed by atoms with Crippen LogP contribution in [0.1, 0.15) is 10.4 Å². The molecule has 0 aliphatic heterocycles. The highest BCUT2D eigenvalue weighted by molar-refractivity contribution is 6.32. The number of ether oxygens (including phenoxy) is 3. The van der Waals surface area contributed by atoms with Crippen LogP contribution in [0.3, 0.4) is 0 Å². The Morgan fingerprint density at radius 1 is 1.00 bits per heavy atom. The first-order chi connectivity index (χ1) is 12.0. The van der Waals surface area contributed by atoms with E-state index in [2.05, 4.69) is 10.9 Å². The maximum atomic E-state index is 12.2. The number of hydrogen-bond donors (Lipinski definition) is 2. The third kappa shape index (κ3) is 5.02. The van der Waals surface area contributed by atoms with Crippen molar-refractivity contribution in [1.29, 1.82) is 0 Å². The predicted octanol–water partition coefficient (Wildman–Crippen LogP) is 2.20. The molecule has 2 amide bonds. The lowest BCUT2D eigenvalue weighted by Gasteiger charge is -2.12. The number of methoxy groups -OCH3 is 2. The van der Waals surface area contributed by atoms with Gasteiger partial charge in [0.2, 0.25) is 0 Å². The molecule has 2 N–H and O–H groups in total. The van der Waals surface area contributed by atoms with Gasteiger partial charge in [0, 0.05) is 0 Å². The number of nitrogens with one attached hydrogen (secondary N) is 2. The highest BCUT2D eigenvalue weighted by Gasteiger charge is 2.14. The molecule has 0 atom stereocenters. The standard InChI is InChI=1S/C17H17ClN2O5/c1-23-11-7-8-14(24-2)12(9-11)17(22)20-19-16(21)10-25-15-6-4-3-5-13(15)18/h3-9H,10H2,1-2H3,(H,19,21)(H,20,22). The van der Waals surface area contributed by atoms with Gasteiger partial charge in [-0.25, -0.2) is 0 Å². The zero-order chi connectivity index (χ0) is 18.2. The average molecular weight is 365 g/mol. The van der Waals surface area contributed by atoms with E-state index in [4.69, 9.17) is 25.8 Å². The van der Waals surface area contributed by atoms with E-state index in [1.165, 1.54) is 20.3 Å². The summed E-state index contributed by atoms with van der Waals surface area (Å²) < 4.78 is 15.5. The molecule has 0 heterocycles. The molecular formula is C17H17ClN2O5. The summed E-state index contributed by atoms with van der Waals surface area (Å²) in [4.78, 5) is 24.0. The number of carbonyl (C=O) groups is 2. The number of hydrogen-bond acceptors (Lipinski definition) is 5. The van der Waals surface area contributed by atoms with Crippen molar-refractivity contribution in [3.63, 3.8) is 0 Å². The molecule has 0 saturated carbocycles. The van der Waals surface area contributed by atoms with Crippen molar-refractivity contribution >= 4 is 23.4 Å². The van der Waals surface area contributed by atoms with E-state index in [1.54, 1.807) is 36.4 Å². The van der Waals surface area contributed by atoms with E-state index in [1.807, 2.05) is 0 Å². The van der Waals surface area contributed by atoms with Crippen LogP contribution in [0.5, 0.6) is 17.2 Å². The molecule has 0 spiro atoms. The van der Waals surface area contributed by atoms with Gasteiger partial charge in [-0.2, -0.15) is 0 Å². The van der Waals surface area contributed by atoms with E-state index in [9.17, 15) is 9.59 Å². The van der Waals surface area contributed by atoms with Crippen molar-refractivity contribution in [1.82, 2.24) is 10.9 Å². The minimum absolute atomic E-state index is 0.217. The van der Waals surface area contributed by atoms with Gasteiger partial charge in [-0.3, -0.25) is 20.4 Å². The fourth-order valence-electron chi connectivity index (χ4n) is 1.93. The van der Waals surface area contributed by atoms with Crippen molar-refractivity contribution in [3.8, 4) is 17.2 Å². The van der Waals surface area contributed by atoms with Crippen molar-refractivity contribution in [2.45, 2.75) is 0 Å². The SMILES string of the molecule is COc1ccc(OC)c(C(=O)NNC(=O)COc2ccccc2Cl)c1. The summed E-state index contributed by atoms with van der Waals surface area (Å²) in [6.07, 6.45) is 0. The van der Waals surface area contributed by atoms with Gasteiger partial charge in [-0.05, 0) is 30.3 Å². The topological polar surface area (TPSA) is 85.9 Å². The summed E-state index contributed by atoms with van der Waals surface area (Å²) in [5, 5.41) is 0.389. The number of para-hydroxylation sites is 1. The highest BCUT2D eigenvalue weighted by atomic mass is 35.5. The smallest absolute Gasteiger partial charge is 0.276 e. The number of carbonyl (C=O) groups excluding carboxylic acids is 2. The summed E-state index contributed by atoms with van der Waals surface area (Å²) in [6.45, 7) is -0.306. The zero-order valence-electron chi connectivity index (χ0n) is 13.7. The normalized spacial score (nSPS) is 9.88. The molecule has 8 heteroatoms. The Balaban J connectivity index is 1.91. The quantitative estimate of drug-likeness (QED) is 0.767. The lowest BCUT2D eigenvalue weighted by Crippen LogP contribution is -2.43. The van der Waals surface area contributed by atoms with Crippen molar-refractivity contribution < 1.29 is 23.8 Å². The van der Waals surface area contributed by atoms with Crippen molar-refractivity contribution in [2.24, 2.45) is 0 Å². The first kappa shape index (κ1) is 18.4. The largest absolute Gasteiger partial charge is 0.497 e. The third-order valence-electron chi connectivity index (χ3n) is 3.16. The summed E-state index contributed by atoms with van der Waals surface area (Å²) in [7, 11) is 2.92. The van der Waals surface area contributed by atoms with Gasteiger partial charge in [0.1, 0.15) is 17.2 Å². The van der Waals surface area contributed by atoms with Gasteiger partial charge in [-0.1, -0.05) is 23.7 Å². The number of hydrazine groups is 1. The van der Waals surface area contributed by atoms with Crippen LogP contribution >= 0.6 is 11.6 Å². The molecule has 7 nitrogen and oxygen atoms in total. The maximum absolute atomic E-state index is 12.2. The van der Waals surface area contributed by atoms with Gasteiger partial charge in [-0.15, -0.1) is 0 Å². The minimum Gasteiger partial charge on any atom is -0.497 e. The zero-order valence-corrected chi connectivity index (χ0v) is 14.4. The molecule has 2 aromatic carbocycles. The van der Waals surface area contributed by atoms with Gasteiger partial charge < -0.3 is 14.2 Å². The molecule has 0 saturated heterocycles. The first-order valence-electron chi connectivity index (χ1n) is 7.23. The van der Waals surface area contributed by atoms with Crippen LogP contribution in [0.25, 0.3) is 0 Å². The van der Waals surface area contributed by atoms with E-state index in [0.717, 1.165) is 0 Å². The monoisotopic (exact) mass is 364 g/mol.